The van der Waals surface area contributed by atoms with Gasteiger partial charge in [0.1, 0.15) is 11.4 Å². The van der Waals surface area contributed by atoms with Crippen molar-refractivity contribution in [2.45, 2.75) is 38.8 Å². The summed E-state index contributed by atoms with van der Waals surface area (Å²) in [4.78, 5) is 13.7. The molecule has 1 aliphatic heterocycles. The monoisotopic (exact) mass is 392 g/mol. The normalized spacial score (nSPS) is 18.5. The average Bonchev–Trinajstić information content (AvgIpc) is 2.80. The van der Waals surface area contributed by atoms with E-state index in [0.717, 1.165) is 6.42 Å². The number of amides is 1. The molecule has 0 aromatic heterocycles. The van der Waals surface area contributed by atoms with Crippen molar-refractivity contribution in [1.82, 2.24) is 4.90 Å². The summed E-state index contributed by atoms with van der Waals surface area (Å²) >= 11 is 9.36. The van der Waals surface area contributed by atoms with Crippen LogP contribution in [-0.4, -0.2) is 35.7 Å². The first-order valence-corrected chi connectivity index (χ1v) is 8.22. The number of halogens is 3. The van der Waals surface area contributed by atoms with E-state index in [0.29, 0.717) is 28.3 Å². The van der Waals surface area contributed by atoms with E-state index in [1.165, 1.54) is 12.1 Å². The minimum Gasteiger partial charge on any atom is -0.444 e. The van der Waals surface area contributed by atoms with Crippen LogP contribution in [0.25, 0.3) is 0 Å². The first-order chi connectivity index (χ1) is 10.2. The molecule has 7 heteroatoms. The maximum absolute atomic E-state index is 13.2. The molecule has 1 unspecified atom stereocenters. The zero-order valence-corrected chi connectivity index (χ0v) is 15.1. The van der Waals surface area contributed by atoms with E-state index in [1.54, 1.807) is 4.90 Å². The van der Waals surface area contributed by atoms with Gasteiger partial charge in [0, 0.05) is 23.6 Å². The van der Waals surface area contributed by atoms with Crippen LogP contribution in [0.4, 0.5) is 14.9 Å². The van der Waals surface area contributed by atoms with Gasteiger partial charge in [-0.1, -0.05) is 11.6 Å². The third-order valence-corrected chi connectivity index (χ3v) is 4.12. The Morgan fingerprint density at radius 3 is 2.77 bits per heavy atom. The Hall–Kier alpha value is -1.01. The lowest BCUT2D eigenvalue weighted by atomic mass is 10.2. The number of carbonyl (C=O) groups is 1. The van der Waals surface area contributed by atoms with E-state index >= 15 is 0 Å². The predicted molar refractivity (Wildman–Crippen MR) is 88.9 cm³/mol. The average molecular weight is 394 g/mol. The molecule has 4 nitrogen and oxygen atoms in total. The van der Waals surface area contributed by atoms with E-state index in [1.807, 2.05) is 20.8 Å². The molecule has 0 spiro atoms. The summed E-state index contributed by atoms with van der Waals surface area (Å²) < 4.78 is 19.2. The van der Waals surface area contributed by atoms with Crippen molar-refractivity contribution in [2.75, 3.05) is 18.4 Å². The van der Waals surface area contributed by atoms with Crippen molar-refractivity contribution in [3.63, 3.8) is 0 Å². The van der Waals surface area contributed by atoms with E-state index in [4.69, 9.17) is 16.3 Å². The van der Waals surface area contributed by atoms with Crippen molar-refractivity contribution in [3.05, 3.63) is 27.4 Å². The summed E-state index contributed by atoms with van der Waals surface area (Å²) in [6.07, 6.45) is 0.459. The summed E-state index contributed by atoms with van der Waals surface area (Å²) in [5.74, 6) is -0.399. The summed E-state index contributed by atoms with van der Waals surface area (Å²) in [5.41, 5.74) is 0.130. The Bertz CT molecular complexity index is 554. The van der Waals surface area contributed by atoms with Crippen LogP contribution in [0.2, 0.25) is 5.02 Å². The number of carbonyl (C=O) groups excluding carboxylic acids is 1. The molecular weight excluding hydrogens is 375 g/mol. The smallest absolute Gasteiger partial charge is 0.410 e. The molecule has 1 aliphatic rings. The van der Waals surface area contributed by atoms with Crippen LogP contribution in [0.5, 0.6) is 0 Å². The SMILES string of the molecule is CC(C)(C)OC(=O)N1CCC(Nc2c(Cl)cc(F)cc2Br)C1. The molecule has 1 aromatic rings. The minimum absolute atomic E-state index is 0.0479. The lowest BCUT2D eigenvalue weighted by molar-refractivity contribution is 0.0293. The second-order valence-corrected chi connectivity index (χ2v) is 7.56. The van der Waals surface area contributed by atoms with Crippen LogP contribution >= 0.6 is 27.5 Å². The highest BCUT2D eigenvalue weighted by molar-refractivity contribution is 9.10. The van der Waals surface area contributed by atoms with Gasteiger partial charge >= 0.3 is 6.09 Å². The van der Waals surface area contributed by atoms with Crippen LogP contribution in [0.3, 0.4) is 0 Å². The molecule has 1 heterocycles. The number of benzene rings is 1. The lowest BCUT2D eigenvalue weighted by Gasteiger charge is -2.24. The summed E-state index contributed by atoms with van der Waals surface area (Å²) in [6.45, 7) is 6.66. The van der Waals surface area contributed by atoms with E-state index < -0.39 is 11.4 Å². The van der Waals surface area contributed by atoms with Gasteiger partial charge in [-0.3, -0.25) is 0 Å². The maximum Gasteiger partial charge on any atom is 0.410 e. The Morgan fingerprint density at radius 1 is 1.50 bits per heavy atom. The molecule has 1 aromatic carbocycles. The second-order valence-electron chi connectivity index (χ2n) is 6.30. The summed E-state index contributed by atoms with van der Waals surface area (Å²) in [5, 5.41) is 3.57. The van der Waals surface area contributed by atoms with Gasteiger partial charge in [0.05, 0.1) is 10.7 Å². The van der Waals surface area contributed by atoms with Crippen molar-refractivity contribution in [3.8, 4) is 0 Å². The van der Waals surface area contributed by atoms with E-state index in [2.05, 4.69) is 21.2 Å². The van der Waals surface area contributed by atoms with Crippen LogP contribution in [0.1, 0.15) is 27.2 Å². The van der Waals surface area contributed by atoms with E-state index in [9.17, 15) is 9.18 Å². The molecule has 0 bridgehead atoms. The Balaban J connectivity index is 1.99. The minimum atomic E-state index is -0.508. The van der Waals surface area contributed by atoms with Gasteiger partial charge in [0.2, 0.25) is 0 Å². The number of hydrogen-bond donors (Lipinski definition) is 1. The zero-order chi connectivity index (χ0) is 16.5. The number of nitrogens with one attached hydrogen (secondary N) is 1. The van der Waals surface area contributed by atoms with Crippen LogP contribution in [0.15, 0.2) is 16.6 Å². The largest absolute Gasteiger partial charge is 0.444 e. The topological polar surface area (TPSA) is 41.6 Å². The van der Waals surface area contributed by atoms with Gasteiger partial charge < -0.3 is 15.0 Å². The van der Waals surface area contributed by atoms with Gasteiger partial charge in [0.25, 0.3) is 0 Å². The van der Waals surface area contributed by atoms with Gasteiger partial charge in [-0.2, -0.15) is 0 Å². The van der Waals surface area contributed by atoms with Gasteiger partial charge in [-0.25, -0.2) is 9.18 Å². The van der Waals surface area contributed by atoms with E-state index in [-0.39, 0.29) is 12.1 Å². The fourth-order valence-corrected chi connectivity index (χ4v) is 3.18. The summed E-state index contributed by atoms with van der Waals surface area (Å²) in [6, 6.07) is 2.66. The van der Waals surface area contributed by atoms with Gasteiger partial charge in [-0.05, 0) is 55.3 Å². The standard InChI is InChI=1S/C15H19BrClFN2O2/c1-15(2,3)22-14(21)20-5-4-10(8-20)19-13-11(16)6-9(18)7-12(13)17/h6-7,10,19H,4-5,8H2,1-3H3. The van der Waals surface area contributed by atoms with Crippen molar-refractivity contribution < 1.29 is 13.9 Å². The molecule has 1 amide bonds. The van der Waals surface area contributed by atoms with Crippen molar-refractivity contribution >= 4 is 39.3 Å². The van der Waals surface area contributed by atoms with Gasteiger partial charge in [0.15, 0.2) is 0 Å². The second kappa shape index (κ2) is 6.62. The third kappa shape index (κ3) is 4.49. The highest BCUT2D eigenvalue weighted by atomic mass is 79.9. The molecule has 1 N–H and O–H groups in total. The Kier molecular flexibility index (Phi) is 5.22. The molecule has 2 rings (SSSR count). The molecule has 1 atom stereocenters. The first kappa shape index (κ1) is 17.3. The number of likely N-dealkylation sites (tertiary alicyclic amines) is 1. The number of hydrogen-bond acceptors (Lipinski definition) is 3. The number of nitrogens with zero attached hydrogens (tertiary/aromatic N) is 1. The van der Waals surface area contributed by atoms with Gasteiger partial charge in [-0.15, -0.1) is 0 Å². The Morgan fingerprint density at radius 2 is 2.18 bits per heavy atom. The maximum atomic E-state index is 13.2. The Labute approximate surface area is 143 Å². The third-order valence-electron chi connectivity index (χ3n) is 3.20. The molecule has 0 radical (unpaired) electrons. The summed E-state index contributed by atoms with van der Waals surface area (Å²) in [7, 11) is 0. The fraction of sp³-hybridized carbons (Fsp3) is 0.533. The van der Waals surface area contributed by atoms with Crippen molar-refractivity contribution in [1.29, 1.82) is 0 Å². The quantitative estimate of drug-likeness (QED) is 0.794. The van der Waals surface area contributed by atoms with Crippen LogP contribution < -0.4 is 5.32 Å². The predicted octanol–water partition coefficient (Wildman–Crippen LogP) is 4.66. The molecule has 0 saturated carbocycles. The van der Waals surface area contributed by atoms with Crippen molar-refractivity contribution in [2.24, 2.45) is 0 Å². The number of rotatable bonds is 2. The fourth-order valence-electron chi connectivity index (χ4n) is 2.25. The number of anilines is 1. The molecule has 1 saturated heterocycles. The highest BCUT2D eigenvalue weighted by Crippen LogP contribution is 2.33. The molecule has 0 aliphatic carbocycles. The zero-order valence-electron chi connectivity index (χ0n) is 12.8. The molecule has 1 fully saturated rings. The highest BCUT2D eigenvalue weighted by Gasteiger charge is 2.30. The lowest BCUT2D eigenvalue weighted by Crippen LogP contribution is -2.36. The molecule has 122 valence electrons. The molecule has 22 heavy (non-hydrogen) atoms. The molecular formula is C15H19BrClFN2O2. The number of ether oxygens (including phenoxy) is 1. The van der Waals surface area contributed by atoms with Crippen LogP contribution in [-0.2, 0) is 4.74 Å². The van der Waals surface area contributed by atoms with Crippen LogP contribution in [0, 0.1) is 5.82 Å². The first-order valence-electron chi connectivity index (χ1n) is 7.05.